The second-order valence-corrected chi connectivity index (χ2v) is 4.97. The van der Waals surface area contributed by atoms with E-state index in [1.54, 1.807) is 6.08 Å². The molecule has 1 aromatic carbocycles. The molecule has 16 heavy (non-hydrogen) atoms. The smallest absolute Gasteiger partial charge is 0.157 e. The van der Waals surface area contributed by atoms with Gasteiger partial charge in [0.05, 0.1) is 0 Å². The van der Waals surface area contributed by atoms with Gasteiger partial charge in [-0.1, -0.05) is 28.1 Å². The van der Waals surface area contributed by atoms with Crippen molar-refractivity contribution in [1.29, 1.82) is 0 Å². The van der Waals surface area contributed by atoms with Crippen LogP contribution in [0.3, 0.4) is 0 Å². The first-order valence-electron chi connectivity index (χ1n) is 5.40. The standard InChI is InChI=1S/C13H14BrNO/c1-9(10-3-2-4-11(14)7-10)15-12-5-6-13(16)8-12/h2-4,7-9,15H,5-6H2,1H3. The minimum Gasteiger partial charge on any atom is -0.382 e. The van der Waals surface area contributed by atoms with Gasteiger partial charge in [0.25, 0.3) is 0 Å². The van der Waals surface area contributed by atoms with E-state index in [4.69, 9.17) is 0 Å². The van der Waals surface area contributed by atoms with E-state index in [2.05, 4.69) is 40.3 Å². The minimum atomic E-state index is 0.226. The van der Waals surface area contributed by atoms with Crippen molar-refractivity contribution < 1.29 is 4.79 Å². The van der Waals surface area contributed by atoms with Crippen LogP contribution in [-0.4, -0.2) is 5.78 Å². The van der Waals surface area contributed by atoms with Gasteiger partial charge in [-0.2, -0.15) is 0 Å². The molecule has 0 aliphatic heterocycles. The van der Waals surface area contributed by atoms with Crippen LogP contribution in [-0.2, 0) is 4.79 Å². The summed E-state index contributed by atoms with van der Waals surface area (Å²) in [4.78, 5) is 11.1. The van der Waals surface area contributed by atoms with Gasteiger partial charge in [-0.05, 0) is 31.0 Å². The summed E-state index contributed by atoms with van der Waals surface area (Å²) in [6, 6.07) is 8.43. The number of nitrogens with one attached hydrogen (secondary N) is 1. The molecular weight excluding hydrogens is 266 g/mol. The highest BCUT2D eigenvalue weighted by Crippen LogP contribution is 2.21. The summed E-state index contributed by atoms with van der Waals surface area (Å²) in [5.74, 6) is 0.226. The first-order chi connectivity index (χ1) is 7.65. The summed E-state index contributed by atoms with van der Waals surface area (Å²) >= 11 is 3.46. The zero-order valence-corrected chi connectivity index (χ0v) is 10.8. The number of carbonyl (C=O) groups excluding carboxylic acids is 1. The van der Waals surface area contributed by atoms with E-state index in [1.165, 1.54) is 5.56 Å². The fourth-order valence-corrected chi connectivity index (χ4v) is 2.26. The van der Waals surface area contributed by atoms with Crippen molar-refractivity contribution in [2.75, 3.05) is 0 Å². The van der Waals surface area contributed by atoms with E-state index in [9.17, 15) is 4.79 Å². The zero-order valence-electron chi connectivity index (χ0n) is 9.16. The van der Waals surface area contributed by atoms with Crippen molar-refractivity contribution >= 4 is 21.7 Å². The molecule has 1 aromatic rings. The van der Waals surface area contributed by atoms with Crippen LogP contribution in [0.5, 0.6) is 0 Å². The van der Waals surface area contributed by atoms with Crippen LogP contribution in [0.15, 0.2) is 40.5 Å². The molecule has 3 heteroatoms. The van der Waals surface area contributed by atoms with Crippen LogP contribution in [0, 0.1) is 0 Å². The lowest BCUT2D eigenvalue weighted by Gasteiger charge is -2.16. The maximum atomic E-state index is 11.1. The molecule has 84 valence electrons. The van der Waals surface area contributed by atoms with E-state index in [0.29, 0.717) is 6.42 Å². The fraction of sp³-hybridized carbons (Fsp3) is 0.308. The zero-order chi connectivity index (χ0) is 11.5. The molecule has 1 unspecified atom stereocenters. The Morgan fingerprint density at radius 1 is 1.38 bits per heavy atom. The molecule has 0 aromatic heterocycles. The first-order valence-corrected chi connectivity index (χ1v) is 6.20. The van der Waals surface area contributed by atoms with Gasteiger partial charge in [-0.15, -0.1) is 0 Å². The third-order valence-electron chi connectivity index (χ3n) is 2.73. The van der Waals surface area contributed by atoms with Gasteiger partial charge < -0.3 is 5.32 Å². The van der Waals surface area contributed by atoms with Crippen LogP contribution in [0.2, 0.25) is 0 Å². The summed E-state index contributed by atoms with van der Waals surface area (Å²) in [7, 11) is 0. The Kier molecular flexibility index (Phi) is 3.44. The molecule has 0 bridgehead atoms. The van der Waals surface area contributed by atoms with Crippen LogP contribution < -0.4 is 5.32 Å². The number of carbonyl (C=O) groups is 1. The van der Waals surface area contributed by atoms with Crippen molar-refractivity contribution in [2.45, 2.75) is 25.8 Å². The van der Waals surface area contributed by atoms with Crippen molar-refractivity contribution in [3.63, 3.8) is 0 Å². The Balaban J connectivity index is 2.06. The summed E-state index contributed by atoms with van der Waals surface area (Å²) in [6.45, 7) is 2.10. The molecule has 0 heterocycles. The molecule has 0 spiro atoms. The minimum absolute atomic E-state index is 0.226. The SMILES string of the molecule is CC(NC1=CC(=O)CC1)c1cccc(Br)c1. The number of rotatable bonds is 3. The van der Waals surface area contributed by atoms with Gasteiger partial charge in [0.2, 0.25) is 0 Å². The maximum Gasteiger partial charge on any atom is 0.157 e. The molecule has 0 radical (unpaired) electrons. The Labute approximate surface area is 104 Å². The second kappa shape index (κ2) is 4.83. The van der Waals surface area contributed by atoms with Crippen LogP contribution in [0.25, 0.3) is 0 Å². The quantitative estimate of drug-likeness (QED) is 0.920. The van der Waals surface area contributed by atoms with Gasteiger partial charge in [0, 0.05) is 28.7 Å². The average molecular weight is 280 g/mol. The third-order valence-corrected chi connectivity index (χ3v) is 3.22. The van der Waals surface area contributed by atoms with Crippen molar-refractivity contribution in [2.24, 2.45) is 0 Å². The average Bonchev–Trinajstić information content (AvgIpc) is 2.64. The van der Waals surface area contributed by atoms with Gasteiger partial charge in [-0.25, -0.2) is 0 Å². The summed E-state index contributed by atoms with van der Waals surface area (Å²) < 4.78 is 1.08. The predicted molar refractivity (Wildman–Crippen MR) is 68.0 cm³/mol. The molecular formula is C13H14BrNO. The first kappa shape index (κ1) is 11.4. The van der Waals surface area contributed by atoms with Crippen molar-refractivity contribution in [3.8, 4) is 0 Å². The summed E-state index contributed by atoms with van der Waals surface area (Å²) in [5.41, 5.74) is 2.27. The Bertz CT molecular complexity index is 439. The normalized spacial score (nSPS) is 17.1. The van der Waals surface area contributed by atoms with Crippen LogP contribution >= 0.6 is 15.9 Å². The molecule has 0 saturated heterocycles. The van der Waals surface area contributed by atoms with E-state index >= 15 is 0 Å². The molecule has 1 aliphatic carbocycles. The number of ketones is 1. The maximum absolute atomic E-state index is 11.1. The molecule has 0 amide bonds. The number of hydrogen-bond acceptors (Lipinski definition) is 2. The van der Waals surface area contributed by atoms with Crippen LogP contribution in [0.1, 0.15) is 31.4 Å². The lowest BCUT2D eigenvalue weighted by atomic mass is 10.1. The lowest BCUT2D eigenvalue weighted by Crippen LogP contribution is -2.16. The van der Waals surface area contributed by atoms with E-state index < -0.39 is 0 Å². The molecule has 0 saturated carbocycles. The topological polar surface area (TPSA) is 29.1 Å². The molecule has 0 fully saturated rings. The van der Waals surface area contributed by atoms with Gasteiger partial charge in [-0.3, -0.25) is 4.79 Å². The van der Waals surface area contributed by atoms with E-state index in [-0.39, 0.29) is 11.8 Å². The predicted octanol–water partition coefficient (Wildman–Crippen LogP) is 3.35. The summed E-state index contributed by atoms with van der Waals surface area (Å²) in [6.07, 6.45) is 3.21. The van der Waals surface area contributed by atoms with E-state index in [0.717, 1.165) is 16.6 Å². The molecule has 2 rings (SSSR count). The van der Waals surface area contributed by atoms with E-state index in [1.807, 2.05) is 12.1 Å². The highest BCUT2D eigenvalue weighted by molar-refractivity contribution is 9.10. The van der Waals surface area contributed by atoms with Crippen molar-refractivity contribution in [1.82, 2.24) is 5.32 Å². The Morgan fingerprint density at radius 2 is 2.19 bits per heavy atom. The van der Waals surface area contributed by atoms with Crippen molar-refractivity contribution in [3.05, 3.63) is 46.1 Å². The molecule has 1 N–H and O–H groups in total. The number of halogens is 1. The van der Waals surface area contributed by atoms with Gasteiger partial charge in [0.1, 0.15) is 0 Å². The van der Waals surface area contributed by atoms with Crippen LogP contribution in [0.4, 0.5) is 0 Å². The fourth-order valence-electron chi connectivity index (χ4n) is 1.85. The molecule has 1 aliphatic rings. The number of allylic oxidation sites excluding steroid dienone is 2. The third kappa shape index (κ3) is 2.73. The van der Waals surface area contributed by atoms with Gasteiger partial charge >= 0.3 is 0 Å². The van der Waals surface area contributed by atoms with Gasteiger partial charge in [0.15, 0.2) is 5.78 Å². The number of benzene rings is 1. The molecule has 1 atom stereocenters. The lowest BCUT2D eigenvalue weighted by molar-refractivity contribution is -0.114. The summed E-state index contributed by atoms with van der Waals surface area (Å²) in [5, 5.41) is 3.37. The highest BCUT2D eigenvalue weighted by Gasteiger charge is 2.14. The monoisotopic (exact) mass is 279 g/mol. The number of hydrogen-bond donors (Lipinski definition) is 1. The largest absolute Gasteiger partial charge is 0.382 e. The second-order valence-electron chi connectivity index (χ2n) is 4.06. The Morgan fingerprint density at radius 3 is 2.81 bits per heavy atom. The highest BCUT2D eigenvalue weighted by atomic mass is 79.9. The Hall–Kier alpha value is -1.09. The molecule has 2 nitrogen and oxygen atoms in total.